The molecule has 6 N–H and O–H groups in total. The molecule has 1 heterocycles. The molecule has 1 fully saturated rings. The van der Waals surface area contributed by atoms with Gasteiger partial charge in [0.25, 0.3) is 0 Å². The highest BCUT2D eigenvalue weighted by molar-refractivity contribution is 7.89. The van der Waals surface area contributed by atoms with Crippen LogP contribution < -0.4 is 21.5 Å². The Balaban J connectivity index is 2.22. The Labute approximate surface area is 145 Å². The number of nitrogens with two attached hydrogens (primary N) is 3. The normalized spacial score (nSPS) is 20.7. The zero-order valence-electron chi connectivity index (χ0n) is 12.9. The minimum absolute atomic E-state index is 0.0941. The number of benzene rings is 1. The van der Waals surface area contributed by atoms with Gasteiger partial charge in [0.15, 0.2) is 0 Å². The Kier molecular flexibility index (Phi) is 4.18. The monoisotopic (exact) mass is 370 g/mol. The number of hydrogen-bond donors (Lipinski definition) is 3. The average molecular weight is 371 g/mol. The van der Waals surface area contributed by atoms with Gasteiger partial charge in [0.1, 0.15) is 10.6 Å². The first-order valence-corrected chi connectivity index (χ1v) is 9.47. The van der Waals surface area contributed by atoms with Gasteiger partial charge in [-0.15, -0.1) is 0 Å². The van der Waals surface area contributed by atoms with Crippen molar-refractivity contribution < 1.29 is 8.42 Å². The van der Waals surface area contributed by atoms with Crippen LogP contribution in [-0.4, -0.2) is 26.0 Å². The third kappa shape index (κ3) is 2.94. The first-order chi connectivity index (χ1) is 11.2. The van der Waals surface area contributed by atoms with Crippen molar-refractivity contribution in [1.82, 2.24) is 0 Å². The topological polar surface area (TPSA) is 140 Å². The quantitative estimate of drug-likeness (QED) is 0.714. The minimum Gasteiger partial charge on any atom is -0.369 e. The number of primary sulfonamides is 1. The maximum absolute atomic E-state index is 12.0. The summed E-state index contributed by atoms with van der Waals surface area (Å²) in [6.07, 6.45) is 4.32. The van der Waals surface area contributed by atoms with Gasteiger partial charge in [0, 0.05) is 5.02 Å². The molecule has 0 bridgehead atoms. The van der Waals surface area contributed by atoms with Crippen molar-refractivity contribution in [3.63, 3.8) is 0 Å². The van der Waals surface area contributed by atoms with E-state index < -0.39 is 15.7 Å². The lowest BCUT2D eigenvalue weighted by Crippen LogP contribution is -2.58. The van der Waals surface area contributed by atoms with Crippen LogP contribution in [0.2, 0.25) is 5.02 Å². The van der Waals surface area contributed by atoms with Crippen molar-refractivity contribution in [2.24, 2.45) is 26.6 Å². The molecule has 1 aromatic rings. The molecule has 3 rings (SSSR count). The van der Waals surface area contributed by atoms with Gasteiger partial charge in [-0.25, -0.2) is 18.5 Å². The van der Waals surface area contributed by atoms with E-state index in [9.17, 15) is 8.42 Å². The molecule has 2 aliphatic rings. The summed E-state index contributed by atoms with van der Waals surface area (Å²) in [5.74, 6) is 0.188. The van der Waals surface area contributed by atoms with Crippen LogP contribution in [0.4, 0.5) is 5.69 Å². The Morgan fingerprint density at radius 1 is 1.17 bits per heavy atom. The van der Waals surface area contributed by atoms with Crippen molar-refractivity contribution in [3.05, 3.63) is 23.2 Å². The first kappa shape index (κ1) is 17.0. The van der Waals surface area contributed by atoms with E-state index in [-0.39, 0.29) is 21.8 Å². The molecule has 1 saturated carbocycles. The minimum atomic E-state index is -4.01. The van der Waals surface area contributed by atoms with Crippen LogP contribution in [0.25, 0.3) is 0 Å². The number of rotatable bonds is 2. The Morgan fingerprint density at radius 2 is 1.83 bits per heavy atom. The predicted octanol–water partition coefficient (Wildman–Crippen LogP) is 1.10. The molecule has 1 aliphatic carbocycles. The van der Waals surface area contributed by atoms with E-state index in [1.54, 1.807) is 17.0 Å². The number of guanidine groups is 2. The summed E-state index contributed by atoms with van der Waals surface area (Å²) >= 11 is 5.95. The summed E-state index contributed by atoms with van der Waals surface area (Å²) in [5.41, 5.74) is 11.5. The molecule has 0 aromatic heterocycles. The fraction of sp³-hybridized carbons (Fsp3) is 0.429. The molecule has 1 spiro atoms. The number of sulfonamides is 1. The van der Waals surface area contributed by atoms with Crippen LogP contribution in [0, 0.1) is 0 Å². The predicted molar refractivity (Wildman–Crippen MR) is 94.4 cm³/mol. The molecule has 8 nitrogen and oxygen atoms in total. The molecule has 130 valence electrons. The molecule has 0 saturated heterocycles. The third-order valence-corrected chi connectivity index (χ3v) is 5.50. The van der Waals surface area contributed by atoms with Gasteiger partial charge < -0.3 is 11.5 Å². The molecule has 0 atom stereocenters. The van der Waals surface area contributed by atoms with E-state index in [1.165, 1.54) is 6.07 Å². The van der Waals surface area contributed by atoms with Crippen LogP contribution in [0.3, 0.4) is 0 Å². The van der Waals surface area contributed by atoms with Crippen molar-refractivity contribution in [3.8, 4) is 0 Å². The molecule has 0 unspecified atom stereocenters. The Hall–Kier alpha value is -1.84. The molecule has 1 aliphatic heterocycles. The van der Waals surface area contributed by atoms with E-state index in [1.807, 2.05) is 0 Å². The number of hydrogen-bond acceptors (Lipinski definition) is 7. The number of halogens is 1. The lowest BCUT2D eigenvalue weighted by Gasteiger charge is -2.46. The highest BCUT2D eigenvalue weighted by Gasteiger charge is 2.44. The number of nitrogens with zero attached hydrogens (tertiary/aromatic N) is 3. The van der Waals surface area contributed by atoms with Gasteiger partial charge >= 0.3 is 0 Å². The third-order valence-electron chi connectivity index (χ3n) is 4.32. The van der Waals surface area contributed by atoms with E-state index >= 15 is 0 Å². The SMILES string of the molecule is NC1=NC2(CCCCC2)N(c2ccc(Cl)cc2S(N)(=O)=O)C(N)=N1. The standard InChI is InChI=1S/C14H19ClN6O2S/c15-9-4-5-10(11(8-9)24(18,22)23)21-13(17)19-12(16)20-14(21)6-2-1-3-7-14/h4-5,8H,1-3,6-7H2,(H2,18,22,23)(H4,16,17,19,20). The van der Waals surface area contributed by atoms with Gasteiger partial charge in [-0.2, -0.15) is 4.99 Å². The van der Waals surface area contributed by atoms with Crippen LogP contribution in [0.5, 0.6) is 0 Å². The van der Waals surface area contributed by atoms with Crippen molar-refractivity contribution in [1.29, 1.82) is 0 Å². The van der Waals surface area contributed by atoms with Crippen LogP contribution in [0.15, 0.2) is 33.1 Å². The lowest BCUT2D eigenvalue weighted by atomic mass is 9.87. The van der Waals surface area contributed by atoms with Crippen LogP contribution in [0.1, 0.15) is 32.1 Å². The Morgan fingerprint density at radius 3 is 2.46 bits per heavy atom. The summed E-state index contributed by atoms with van der Waals surface area (Å²) in [7, 11) is -4.01. The number of anilines is 1. The van der Waals surface area contributed by atoms with Crippen LogP contribution >= 0.6 is 11.6 Å². The van der Waals surface area contributed by atoms with Gasteiger partial charge in [-0.05, 0) is 43.9 Å². The number of aliphatic imine (C=N–C) groups is 2. The van der Waals surface area contributed by atoms with Crippen LogP contribution in [-0.2, 0) is 10.0 Å². The molecule has 10 heteroatoms. The second-order valence-corrected chi connectivity index (χ2v) is 7.94. The van der Waals surface area contributed by atoms with Gasteiger partial charge in [-0.1, -0.05) is 18.0 Å². The van der Waals surface area contributed by atoms with Gasteiger partial charge in [-0.3, -0.25) is 4.90 Å². The average Bonchev–Trinajstić information content (AvgIpc) is 2.47. The molecule has 0 radical (unpaired) electrons. The van der Waals surface area contributed by atoms with E-state index in [2.05, 4.69) is 9.98 Å². The molecular weight excluding hydrogens is 352 g/mol. The summed E-state index contributed by atoms with van der Waals surface area (Å²) in [4.78, 5) is 10.0. The van der Waals surface area contributed by atoms with E-state index in [0.29, 0.717) is 18.5 Å². The molecule has 0 amide bonds. The molecule has 1 aromatic carbocycles. The smallest absolute Gasteiger partial charge is 0.240 e. The maximum atomic E-state index is 12.0. The van der Waals surface area contributed by atoms with E-state index in [4.69, 9.17) is 28.2 Å². The first-order valence-electron chi connectivity index (χ1n) is 7.55. The summed E-state index contributed by atoms with van der Waals surface area (Å²) in [6, 6.07) is 4.45. The lowest BCUT2D eigenvalue weighted by molar-refractivity contribution is 0.305. The highest BCUT2D eigenvalue weighted by Crippen LogP contribution is 2.41. The molecule has 24 heavy (non-hydrogen) atoms. The fourth-order valence-corrected chi connectivity index (χ4v) is 4.35. The van der Waals surface area contributed by atoms with Gasteiger partial charge in [0.05, 0.1) is 5.69 Å². The summed E-state index contributed by atoms with van der Waals surface area (Å²) < 4.78 is 24.1. The second-order valence-electron chi connectivity index (χ2n) is 5.98. The largest absolute Gasteiger partial charge is 0.369 e. The van der Waals surface area contributed by atoms with Crippen molar-refractivity contribution >= 4 is 39.2 Å². The highest BCUT2D eigenvalue weighted by atomic mass is 35.5. The summed E-state index contributed by atoms with van der Waals surface area (Å²) in [6.45, 7) is 0. The molecular formula is C14H19ClN6O2S. The maximum Gasteiger partial charge on any atom is 0.240 e. The van der Waals surface area contributed by atoms with Crippen molar-refractivity contribution in [2.75, 3.05) is 4.90 Å². The zero-order chi connectivity index (χ0) is 17.5. The van der Waals surface area contributed by atoms with Gasteiger partial charge in [0.2, 0.25) is 21.9 Å². The van der Waals surface area contributed by atoms with E-state index in [0.717, 1.165) is 19.3 Å². The van der Waals surface area contributed by atoms with Crippen molar-refractivity contribution in [2.45, 2.75) is 42.7 Å². The zero-order valence-corrected chi connectivity index (χ0v) is 14.5. The fourth-order valence-electron chi connectivity index (χ4n) is 3.37. The summed E-state index contributed by atoms with van der Waals surface area (Å²) in [5, 5.41) is 5.63. The second kappa shape index (κ2) is 5.91. The Bertz CT molecular complexity index is 830.